The third kappa shape index (κ3) is 3.32. The van der Waals surface area contributed by atoms with Crippen molar-refractivity contribution in [1.29, 1.82) is 0 Å². The third-order valence-corrected chi connectivity index (χ3v) is 4.59. The molecule has 4 heteroatoms. The van der Waals surface area contributed by atoms with E-state index in [1.165, 1.54) is 0 Å². The van der Waals surface area contributed by atoms with Gasteiger partial charge in [0.15, 0.2) is 9.84 Å². The summed E-state index contributed by atoms with van der Waals surface area (Å²) in [6, 6.07) is 7.52. The van der Waals surface area contributed by atoms with E-state index in [0.717, 1.165) is 11.1 Å². The Morgan fingerprint density at radius 2 is 1.80 bits per heavy atom. The topological polar surface area (TPSA) is 60.2 Å². The minimum Gasteiger partial charge on any atom is -0.329 e. The summed E-state index contributed by atoms with van der Waals surface area (Å²) in [6.45, 7) is 3.79. The van der Waals surface area contributed by atoms with Crippen molar-refractivity contribution in [2.24, 2.45) is 5.73 Å². The lowest BCUT2D eigenvalue weighted by Crippen LogP contribution is -2.27. The van der Waals surface area contributed by atoms with Gasteiger partial charge in [0.2, 0.25) is 0 Å². The van der Waals surface area contributed by atoms with E-state index in [0.29, 0.717) is 0 Å². The maximum atomic E-state index is 11.7. The van der Waals surface area contributed by atoms with Crippen molar-refractivity contribution >= 4 is 9.84 Å². The second-order valence-corrected chi connectivity index (χ2v) is 6.26. The van der Waals surface area contributed by atoms with Crippen molar-refractivity contribution in [2.45, 2.75) is 24.9 Å². The molecular weight excluding hydrogens is 210 g/mol. The molecule has 0 aliphatic heterocycles. The Morgan fingerprint density at radius 1 is 1.27 bits per heavy atom. The first kappa shape index (κ1) is 12.2. The second-order valence-electron chi connectivity index (χ2n) is 3.84. The van der Waals surface area contributed by atoms with E-state index in [4.69, 9.17) is 5.73 Å². The average molecular weight is 227 g/mol. The van der Waals surface area contributed by atoms with E-state index < -0.39 is 15.1 Å². The standard InChI is InChI=1S/C11H17NO2S/c1-9-3-5-11(6-4-9)8-15(13,14)10(2)7-12/h3-6,10H,7-8,12H2,1-2H3. The van der Waals surface area contributed by atoms with Crippen LogP contribution in [0.4, 0.5) is 0 Å². The third-order valence-electron chi connectivity index (χ3n) is 2.43. The van der Waals surface area contributed by atoms with Gasteiger partial charge >= 0.3 is 0 Å². The smallest absolute Gasteiger partial charge is 0.158 e. The van der Waals surface area contributed by atoms with Crippen LogP contribution < -0.4 is 5.73 Å². The molecule has 0 aliphatic carbocycles. The Balaban J connectivity index is 2.82. The molecular formula is C11H17NO2S. The van der Waals surface area contributed by atoms with Crippen molar-refractivity contribution in [1.82, 2.24) is 0 Å². The van der Waals surface area contributed by atoms with Crippen LogP contribution in [0.2, 0.25) is 0 Å². The van der Waals surface area contributed by atoms with Crippen molar-refractivity contribution in [2.75, 3.05) is 6.54 Å². The molecule has 1 rings (SSSR count). The van der Waals surface area contributed by atoms with Crippen molar-refractivity contribution in [3.8, 4) is 0 Å². The maximum absolute atomic E-state index is 11.7. The van der Waals surface area contributed by atoms with Gasteiger partial charge in [-0.1, -0.05) is 29.8 Å². The highest BCUT2D eigenvalue weighted by Crippen LogP contribution is 2.11. The zero-order valence-corrected chi connectivity index (χ0v) is 9.92. The summed E-state index contributed by atoms with van der Waals surface area (Å²) in [7, 11) is -3.10. The number of aryl methyl sites for hydroxylation is 1. The molecule has 3 nitrogen and oxygen atoms in total. The number of hydrogen-bond donors (Lipinski definition) is 1. The monoisotopic (exact) mass is 227 g/mol. The molecule has 84 valence electrons. The van der Waals surface area contributed by atoms with Crippen LogP contribution in [0.15, 0.2) is 24.3 Å². The Bertz CT molecular complexity index is 409. The molecule has 0 saturated heterocycles. The molecule has 0 aliphatic rings. The molecule has 0 spiro atoms. The van der Waals surface area contributed by atoms with Crippen LogP contribution in [0.1, 0.15) is 18.1 Å². The zero-order chi connectivity index (χ0) is 11.5. The number of hydrogen-bond acceptors (Lipinski definition) is 3. The van der Waals surface area contributed by atoms with E-state index in [-0.39, 0.29) is 12.3 Å². The van der Waals surface area contributed by atoms with E-state index >= 15 is 0 Å². The fourth-order valence-corrected chi connectivity index (χ4v) is 2.44. The lowest BCUT2D eigenvalue weighted by atomic mass is 10.2. The van der Waals surface area contributed by atoms with Crippen LogP contribution in [0.5, 0.6) is 0 Å². The summed E-state index contributed by atoms with van der Waals surface area (Å²) in [5, 5.41) is -0.473. The molecule has 15 heavy (non-hydrogen) atoms. The first-order chi connectivity index (χ1) is 6.95. The highest BCUT2D eigenvalue weighted by atomic mass is 32.2. The Kier molecular flexibility index (Phi) is 3.88. The fourth-order valence-electron chi connectivity index (χ4n) is 1.21. The lowest BCUT2D eigenvalue weighted by molar-refractivity contribution is 0.583. The van der Waals surface area contributed by atoms with Gasteiger partial charge in [-0.05, 0) is 19.4 Å². The SMILES string of the molecule is Cc1ccc(CS(=O)(=O)C(C)CN)cc1. The predicted molar refractivity (Wildman–Crippen MR) is 62.3 cm³/mol. The average Bonchev–Trinajstić information content (AvgIpc) is 2.20. The van der Waals surface area contributed by atoms with Gasteiger partial charge in [-0.25, -0.2) is 8.42 Å². The Morgan fingerprint density at radius 3 is 2.27 bits per heavy atom. The quantitative estimate of drug-likeness (QED) is 0.842. The summed E-state index contributed by atoms with van der Waals surface area (Å²) in [4.78, 5) is 0. The van der Waals surface area contributed by atoms with Crippen molar-refractivity contribution in [3.05, 3.63) is 35.4 Å². The molecule has 1 atom stereocenters. The summed E-state index contributed by atoms with van der Waals surface area (Å²) in [5.74, 6) is 0.0750. The van der Waals surface area contributed by atoms with Gasteiger partial charge in [-0.15, -0.1) is 0 Å². The van der Waals surface area contributed by atoms with Crippen LogP contribution >= 0.6 is 0 Å². The van der Waals surface area contributed by atoms with Gasteiger partial charge in [0.25, 0.3) is 0 Å². The number of sulfone groups is 1. The van der Waals surface area contributed by atoms with Crippen molar-refractivity contribution < 1.29 is 8.42 Å². The van der Waals surface area contributed by atoms with Gasteiger partial charge in [0.1, 0.15) is 0 Å². The molecule has 1 aromatic carbocycles. The molecule has 0 amide bonds. The lowest BCUT2D eigenvalue weighted by Gasteiger charge is -2.10. The molecule has 0 aromatic heterocycles. The molecule has 0 heterocycles. The van der Waals surface area contributed by atoms with Gasteiger partial charge in [-0.2, -0.15) is 0 Å². The van der Waals surface area contributed by atoms with Crippen LogP contribution in [-0.4, -0.2) is 20.2 Å². The van der Waals surface area contributed by atoms with E-state index in [1.807, 2.05) is 31.2 Å². The minimum absolute atomic E-state index is 0.0750. The highest BCUT2D eigenvalue weighted by molar-refractivity contribution is 7.91. The van der Waals surface area contributed by atoms with Crippen LogP contribution in [-0.2, 0) is 15.6 Å². The number of rotatable bonds is 4. The van der Waals surface area contributed by atoms with Crippen LogP contribution in [0.25, 0.3) is 0 Å². The summed E-state index contributed by atoms with van der Waals surface area (Å²) >= 11 is 0. The fraction of sp³-hybridized carbons (Fsp3) is 0.455. The van der Waals surface area contributed by atoms with Gasteiger partial charge in [0, 0.05) is 6.54 Å². The zero-order valence-electron chi connectivity index (χ0n) is 9.10. The second kappa shape index (κ2) is 4.77. The summed E-state index contributed by atoms with van der Waals surface area (Å²) in [5.41, 5.74) is 7.30. The highest BCUT2D eigenvalue weighted by Gasteiger charge is 2.19. The molecule has 0 bridgehead atoms. The molecule has 0 fully saturated rings. The van der Waals surface area contributed by atoms with E-state index in [2.05, 4.69) is 0 Å². The minimum atomic E-state index is -3.10. The largest absolute Gasteiger partial charge is 0.329 e. The molecule has 0 radical (unpaired) electrons. The number of benzene rings is 1. The van der Waals surface area contributed by atoms with Crippen molar-refractivity contribution in [3.63, 3.8) is 0 Å². The Labute approximate surface area is 91.2 Å². The predicted octanol–water partition coefficient (Wildman–Crippen LogP) is 1.26. The maximum Gasteiger partial charge on any atom is 0.158 e. The molecule has 0 saturated carbocycles. The van der Waals surface area contributed by atoms with E-state index in [1.54, 1.807) is 6.92 Å². The van der Waals surface area contributed by atoms with Crippen LogP contribution in [0, 0.1) is 6.92 Å². The van der Waals surface area contributed by atoms with E-state index in [9.17, 15) is 8.42 Å². The first-order valence-electron chi connectivity index (χ1n) is 4.93. The molecule has 1 unspecified atom stereocenters. The normalized spacial score (nSPS) is 13.8. The summed E-state index contributed by atoms with van der Waals surface area (Å²) < 4.78 is 23.5. The molecule has 2 N–H and O–H groups in total. The Hall–Kier alpha value is -0.870. The van der Waals surface area contributed by atoms with Gasteiger partial charge in [0.05, 0.1) is 11.0 Å². The molecule has 1 aromatic rings. The first-order valence-corrected chi connectivity index (χ1v) is 6.64. The summed E-state index contributed by atoms with van der Waals surface area (Å²) in [6.07, 6.45) is 0. The van der Waals surface area contributed by atoms with Gasteiger partial charge < -0.3 is 5.73 Å². The van der Waals surface area contributed by atoms with Crippen LogP contribution in [0.3, 0.4) is 0 Å². The number of nitrogens with two attached hydrogens (primary N) is 1. The van der Waals surface area contributed by atoms with Gasteiger partial charge in [-0.3, -0.25) is 0 Å².